The van der Waals surface area contributed by atoms with Gasteiger partial charge in [-0.3, -0.25) is 4.79 Å². The minimum absolute atomic E-state index is 0.0683. The molecule has 0 radical (unpaired) electrons. The number of Topliss-reactive ketones (excluding diaryl/α,β-unsaturated/α-hetero) is 1. The van der Waals surface area contributed by atoms with Crippen molar-refractivity contribution in [1.29, 1.82) is 0 Å². The molecule has 24 heavy (non-hydrogen) atoms. The van der Waals surface area contributed by atoms with Crippen molar-refractivity contribution in [1.82, 2.24) is 0 Å². The number of hydrogen-bond donors (Lipinski definition) is 0. The molecule has 0 spiro atoms. The first kappa shape index (κ1) is 15.9. The van der Waals surface area contributed by atoms with E-state index in [0.717, 1.165) is 18.2 Å². The number of benzene rings is 2. The van der Waals surface area contributed by atoms with E-state index in [1.54, 1.807) is 6.07 Å². The van der Waals surface area contributed by atoms with E-state index in [9.17, 15) is 18.4 Å². The first-order chi connectivity index (χ1) is 11.5. The maximum atomic E-state index is 13.2. The summed E-state index contributed by atoms with van der Waals surface area (Å²) in [5, 5.41) is 0. The monoisotopic (exact) mass is 334 g/mol. The molecule has 124 valence electrons. The highest BCUT2D eigenvalue weighted by Gasteiger charge is 2.23. The Balaban J connectivity index is 1.71. The number of fused-ring (bicyclic) bond motifs is 1. The molecular weight excluding hydrogens is 322 g/mol. The van der Waals surface area contributed by atoms with Crippen LogP contribution in [0.2, 0.25) is 0 Å². The normalized spacial score (nSPS) is 13.5. The largest absolute Gasteiger partial charge is 0.454 e. The Hall–Kier alpha value is -2.96. The number of halogens is 2. The van der Waals surface area contributed by atoms with Gasteiger partial charge >= 0.3 is 5.97 Å². The average Bonchev–Trinajstić information content (AvgIpc) is 3.04. The zero-order valence-electron chi connectivity index (χ0n) is 12.5. The van der Waals surface area contributed by atoms with Gasteiger partial charge in [0.25, 0.3) is 0 Å². The van der Waals surface area contributed by atoms with Gasteiger partial charge in [-0.15, -0.1) is 0 Å². The van der Waals surface area contributed by atoms with Crippen LogP contribution in [0, 0.1) is 11.6 Å². The topological polar surface area (TPSA) is 61.8 Å². The molecule has 0 amide bonds. The summed E-state index contributed by atoms with van der Waals surface area (Å²) in [6, 6.07) is 7.22. The van der Waals surface area contributed by atoms with Crippen molar-refractivity contribution in [3.8, 4) is 11.5 Å². The van der Waals surface area contributed by atoms with Gasteiger partial charge in [0, 0.05) is 5.56 Å². The maximum absolute atomic E-state index is 13.2. The number of ketones is 1. The molecule has 2 aromatic rings. The maximum Gasteiger partial charge on any atom is 0.338 e. The fraction of sp³-hybridized carbons (Fsp3) is 0.176. The van der Waals surface area contributed by atoms with Crippen LogP contribution in [0.5, 0.6) is 11.5 Å². The highest BCUT2D eigenvalue weighted by molar-refractivity contribution is 6.01. The predicted molar refractivity (Wildman–Crippen MR) is 78.1 cm³/mol. The van der Waals surface area contributed by atoms with Crippen molar-refractivity contribution in [3.05, 3.63) is 59.2 Å². The van der Waals surface area contributed by atoms with Gasteiger partial charge in [-0.2, -0.15) is 0 Å². The van der Waals surface area contributed by atoms with E-state index in [1.165, 1.54) is 19.1 Å². The van der Waals surface area contributed by atoms with Crippen LogP contribution in [-0.2, 0) is 4.74 Å². The highest BCUT2D eigenvalue weighted by atomic mass is 19.2. The summed E-state index contributed by atoms with van der Waals surface area (Å²) < 4.78 is 41.5. The van der Waals surface area contributed by atoms with Gasteiger partial charge in [0.1, 0.15) is 0 Å². The number of carbonyl (C=O) groups excluding carboxylic acids is 2. The molecular formula is C17H12F2O5. The standard InChI is InChI=1S/C17H12F2O5/c1-9(16(20)10-2-4-12(18)13(19)6-10)24-17(21)11-3-5-14-15(7-11)23-8-22-14/h2-7,9H,8H2,1H3. The molecule has 0 saturated carbocycles. The molecule has 1 atom stereocenters. The minimum atomic E-state index is -1.16. The molecule has 0 fully saturated rings. The van der Waals surface area contributed by atoms with Gasteiger partial charge in [-0.25, -0.2) is 13.6 Å². The first-order valence-corrected chi connectivity index (χ1v) is 7.05. The molecule has 1 unspecified atom stereocenters. The quantitative estimate of drug-likeness (QED) is 0.635. The number of ether oxygens (including phenoxy) is 3. The van der Waals surface area contributed by atoms with E-state index in [-0.39, 0.29) is 17.9 Å². The number of esters is 1. The Morgan fingerprint density at radius 2 is 1.71 bits per heavy atom. The number of carbonyl (C=O) groups is 2. The third-order valence-corrected chi connectivity index (χ3v) is 3.47. The third kappa shape index (κ3) is 3.05. The van der Waals surface area contributed by atoms with Crippen LogP contribution in [0.25, 0.3) is 0 Å². The highest BCUT2D eigenvalue weighted by Crippen LogP contribution is 2.32. The van der Waals surface area contributed by atoms with Gasteiger partial charge in [0.2, 0.25) is 12.6 Å². The second-order valence-corrected chi connectivity index (χ2v) is 5.11. The van der Waals surface area contributed by atoms with Crippen molar-refractivity contribution in [2.45, 2.75) is 13.0 Å². The van der Waals surface area contributed by atoms with Gasteiger partial charge in [0.05, 0.1) is 5.56 Å². The molecule has 0 saturated heterocycles. The Kier molecular flexibility index (Phi) is 4.16. The summed E-state index contributed by atoms with van der Waals surface area (Å²) in [6.07, 6.45) is -1.16. The molecule has 0 N–H and O–H groups in total. The predicted octanol–water partition coefficient (Wildman–Crippen LogP) is 3.12. The van der Waals surface area contributed by atoms with Crippen LogP contribution in [0.1, 0.15) is 27.6 Å². The Morgan fingerprint density at radius 1 is 1.00 bits per heavy atom. The van der Waals surface area contributed by atoms with Crippen LogP contribution < -0.4 is 9.47 Å². The molecule has 0 bridgehead atoms. The Morgan fingerprint density at radius 3 is 2.46 bits per heavy atom. The molecule has 0 aliphatic carbocycles. The van der Waals surface area contributed by atoms with E-state index in [2.05, 4.69) is 0 Å². The summed E-state index contributed by atoms with van der Waals surface area (Å²) in [6.45, 7) is 1.42. The zero-order chi connectivity index (χ0) is 17.3. The van der Waals surface area contributed by atoms with E-state index < -0.39 is 29.5 Å². The molecule has 1 aliphatic heterocycles. The molecule has 1 heterocycles. The van der Waals surface area contributed by atoms with E-state index in [4.69, 9.17) is 14.2 Å². The van der Waals surface area contributed by atoms with E-state index >= 15 is 0 Å². The zero-order valence-corrected chi connectivity index (χ0v) is 12.5. The summed E-state index contributed by atoms with van der Waals surface area (Å²) in [7, 11) is 0. The Bertz CT molecular complexity index is 819. The smallest absolute Gasteiger partial charge is 0.338 e. The summed E-state index contributed by atoms with van der Waals surface area (Å²) in [5.74, 6) is -2.66. The molecule has 7 heteroatoms. The van der Waals surface area contributed by atoms with Crippen LogP contribution in [0.3, 0.4) is 0 Å². The summed E-state index contributed by atoms with van der Waals surface area (Å²) in [5.41, 5.74) is 0.101. The first-order valence-electron chi connectivity index (χ1n) is 7.05. The average molecular weight is 334 g/mol. The third-order valence-electron chi connectivity index (χ3n) is 3.47. The Labute approximate surface area is 135 Å². The van der Waals surface area contributed by atoms with E-state index in [1.807, 2.05) is 0 Å². The number of rotatable bonds is 4. The van der Waals surface area contributed by atoms with Gasteiger partial charge in [-0.05, 0) is 43.3 Å². The number of hydrogen-bond acceptors (Lipinski definition) is 5. The molecule has 1 aliphatic rings. The lowest BCUT2D eigenvalue weighted by atomic mass is 10.1. The lowest BCUT2D eigenvalue weighted by Crippen LogP contribution is -2.24. The van der Waals surface area contributed by atoms with Crippen molar-refractivity contribution >= 4 is 11.8 Å². The van der Waals surface area contributed by atoms with Gasteiger partial charge in [0.15, 0.2) is 29.2 Å². The van der Waals surface area contributed by atoms with Crippen molar-refractivity contribution in [2.24, 2.45) is 0 Å². The van der Waals surface area contributed by atoms with Crippen molar-refractivity contribution < 1.29 is 32.6 Å². The second kappa shape index (κ2) is 6.27. The molecule has 3 rings (SSSR count). The van der Waals surface area contributed by atoms with Crippen LogP contribution in [0.15, 0.2) is 36.4 Å². The second-order valence-electron chi connectivity index (χ2n) is 5.11. The summed E-state index contributed by atoms with van der Waals surface area (Å²) in [4.78, 5) is 24.3. The fourth-order valence-corrected chi connectivity index (χ4v) is 2.19. The SMILES string of the molecule is CC(OC(=O)c1ccc2c(c1)OCO2)C(=O)c1ccc(F)c(F)c1. The van der Waals surface area contributed by atoms with Gasteiger partial charge in [-0.1, -0.05) is 0 Å². The fourth-order valence-electron chi connectivity index (χ4n) is 2.19. The lowest BCUT2D eigenvalue weighted by Gasteiger charge is -2.12. The molecule has 5 nitrogen and oxygen atoms in total. The summed E-state index contributed by atoms with van der Waals surface area (Å²) >= 11 is 0. The van der Waals surface area contributed by atoms with Crippen LogP contribution in [0.4, 0.5) is 8.78 Å². The van der Waals surface area contributed by atoms with E-state index in [0.29, 0.717) is 11.5 Å². The van der Waals surface area contributed by atoms with Gasteiger partial charge < -0.3 is 14.2 Å². The van der Waals surface area contributed by atoms with Crippen LogP contribution >= 0.6 is 0 Å². The lowest BCUT2D eigenvalue weighted by molar-refractivity contribution is 0.0318. The van der Waals surface area contributed by atoms with Crippen molar-refractivity contribution in [3.63, 3.8) is 0 Å². The van der Waals surface area contributed by atoms with Crippen LogP contribution in [-0.4, -0.2) is 24.6 Å². The minimum Gasteiger partial charge on any atom is -0.454 e. The van der Waals surface area contributed by atoms with Crippen molar-refractivity contribution in [2.75, 3.05) is 6.79 Å². The molecule has 0 aromatic heterocycles. The molecule has 2 aromatic carbocycles.